The van der Waals surface area contributed by atoms with Crippen LogP contribution in [-0.4, -0.2) is 44.6 Å². The number of hydrogen-bond donors (Lipinski definition) is 1. The summed E-state index contributed by atoms with van der Waals surface area (Å²) < 4.78 is 24.6. The Balaban J connectivity index is 1.79. The van der Waals surface area contributed by atoms with Gasteiger partial charge in [-0.15, -0.1) is 0 Å². The normalized spacial score (nSPS) is 13.1. The van der Waals surface area contributed by atoms with Crippen LogP contribution in [0.1, 0.15) is 32.6 Å². The van der Waals surface area contributed by atoms with Gasteiger partial charge in [-0.2, -0.15) is 0 Å². The first-order valence-electron chi connectivity index (χ1n) is 14.4. The Kier molecular flexibility index (Phi) is 9.56. The van der Waals surface area contributed by atoms with Crippen molar-refractivity contribution in [2.45, 2.75) is 23.4 Å². The summed E-state index contributed by atoms with van der Waals surface area (Å²) in [5.74, 6) is -0.0411. The molecule has 0 spiro atoms. The lowest BCUT2D eigenvalue weighted by atomic mass is 9.71. The summed E-state index contributed by atoms with van der Waals surface area (Å²) in [4.78, 5) is 14.0. The van der Waals surface area contributed by atoms with Crippen LogP contribution in [0.15, 0.2) is 146 Å². The molecule has 0 amide bonds. The molecule has 0 aliphatic heterocycles. The zero-order valence-electron chi connectivity index (χ0n) is 25.0. The molecule has 0 radical (unpaired) electrons. The maximum absolute atomic E-state index is 14.0. The molecule has 2 atom stereocenters. The van der Waals surface area contributed by atoms with E-state index in [0.29, 0.717) is 28.0 Å². The van der Waals surface area contributed by atoms with Gasteiger partial charge in [0.05, 0.1) is 12.7 Å². The second-order valence-corrected chi connectivity index (χ2v) is 10.3. The van der Waals surface area contributed by atoms with Crippen LogP contribution in [0.25, 0.3) is 0 Å². The number of aliphatic hydroxyl groups excluding tert-OH is 1. The van der Waals surface area contributed by atoms with Gasteiger partial charge in [0.1, 0.15) is 17.5 Å². The molecule has 0 saturated carbocycles. The quantitative estimate of drug-likeness (QED) is 0.162. The van der Waals surface area contributed by atoms with Gasteiger partial charge in [-0.1, -0.05) is 121 Å². The highest BCUT2D eigenvalue weighted by Gasteiger charge is 2.57. The minimum Gasteiger partial charge on any atom is -0.497 e. The summed E-state index contributed by atoms with van der Waals surface area (Å²) in [5, 5.41) is 12.9. The number of carbonyl (C=O) groups excluding carboxylic acids is 1. The molecule has 0 heterocycles. The molecule has 0 bridgehead atoms. The van der Waals surface area contributed by atoms with Crippen molar-refractivity contribution in [2.75, 3.05) is 21.3 Å². The van der Waals surface area contributed by atoms with Crippen molar-refractivity contribution in [3.8, 4) is 5.75 Å². The molecule has 0 unspecified atom stereocenters. The highest BCUT2D eigenvalue weighted by Crippen LogP contribution is 2.46. The van der Waals surface area contributed by atoms with Gasteiger partial charge in [-0.3, -0.25) is 0 Å². The summed E-state index contributed by atoms with van der Waals surface area (Å²) in [6, 6.07) is 44.5. The minimum atomic E-state index is -1.49. The zero-order chi connectivity index (χ0) is 31.0. The fraction of sp³-hybridized carbons (Fsp3) is 0.184. The van der Waals surface area contributed by atoms with Crippen molar-refractivity contribution in [2.24, 2.45) is 0 Å². The van der Waals surface area contributed by atoms with Gasteiger partial charge < -0.3 is 24.1 Å². The monoisotopic (exact) mass is 588 g/mol. The standard InChI is InChI=1S/C38H36O6/c1-41-33-26-24-28(25-27-33)36(40)44-35(38(43-3,31-20-12-6-13-21-31)32-22-14-7-15-23-32)34(39)37(42-2,29-16-8-4-9-17-29)30-18-10-5-11-19-30/h4-27,34-35,39H,1-3H3/t34-,35-/m1/s1. The third-order valence-electron chi connectivity index (χ3n) is 8.12. The van der Waals surface area contributed by atoms with Gasteiger partial charge in [0.25, 0.3) is 0 Å². The zero-order valence-corrected chi connectivity index (χ0v) is 25.0. The molecule has 0 saturated heterocycles. The number of rotatable bonds is 12. The van der Waals surface area contributed by atoms with E-state index in [1.54, 1.807) is 45.6 Å². The van der Waals surface area contributed by atoms with E-state index in [-0.39, 0.29) is 5.56 Å². The first kappa shape index (κ1) is 30.7. The Morgan fingerprint density at radius 2 is 0.909 bits per heavy atom. The molecule has 44 heavy (non-hydrogen) atoms. The van der Waals surface area contributed by atoms with E-state index in [1.807, 2.05) is 121 Å². The van der Waals surface area contributed by atoms with Crippen LogP contribution in [0.5, 0.6) is 5.75 Å². The first-order valence-corrected chi connectivity index (χ1v) is 14.4. The molecular formula is C38H36O6. The summed E-state index contributed by atoms with van der Waals surface area (Å²) >= 11 is 0. The summed E-state index contributed by atoms with van der Waals surface area (Å²) in [5.41, 5.74) is 0.0861. The third-order valence-corrected chi connectivity index (χ3v) is 8.12. The van der Waals surface area contributed by atoms with E-state index in [9.17, 15) is 9.90 Å². The number of benzene rings is 5. The first-order chi connectivity index (χ1) is 21.5. The number of ether oxygens (including phenoxy) is 4. The van der Waals surface area contributed by atoms with E-state index in [0.717, 1.165) is 0 Å². The Hall–Kier alpha value is -4.75. The average Bonchev–Trinajstić information content (AvgIpc) is 3.10. The lowest BCUT2D eigenvalue weighted by Gasteiger charge is -2.47. The number of methoxy groups -OCH3 is 3. The molecule has 1 N–H and O–H groups in total. The minimum absolute atomic E-state index is 0.288. The molecular weight excluding hydrogens is 552 g/mol. The van der Waals surface area contributed by atoms with Crippen LogP contribution in [0.3, 0.4) is 0 Å². The summed E-state index contributed by atoms with van der Waals surface area (Å²) in [7, 11) is 4.66. The highest BCUT2D eigenvalue weighted by atomic mass is 16.6. The Morgan fingerprint density at radius 3 is 1.25 bits per heavy atom. The Bertz CT molecular complexity index is 1530. The van der Waals surface area contributed by atoms with Crippen molar-refractivity contribution >= 4 is 5.97 Å². The summed E-state index contributed by atoms with van der Waals surface area (Å²) in [6.45, 7) is 0. The molecule has 0 aromatic heterocycles. The number of hydrogen-bond acceptors (Lipinski definition) is 6. The van der Waals surface area contributed by atoms with Crippen molar-refractivity contribution in [3.05, 3.63) is 173 Å². The van der Waals surface area contributed by atoms with Crippen LogP contribution in [-0.2, 0) is 25.4 Å². The van der Waals surface area contributed by atoms with Gasteiger partial charge in [0, 0.05) is 14.2 Å². The van der Waals surface area contributed by atoms with E-state index in [2.05, 4.69) is 0 Å². The Labute approximate surface area is 258 Å². The van der Waals surface area contributed by atoms with Gasteiger partial charge in [0.15, 0.2) is 11.7 Å². The predicted octanol–water partition coefficient (Wildman–Crippen LogP) is 6.76. The van der Waals surface area contributed by atoms with Crippen molar-refractivity contribution in [3.63, 3.8) is 0 Å². The van der Waals surface area contributed by atoms with Crippen LogP contribution in [0.4, 0.5) is 0 Å². The number of carbonyl (C=O) groups is 1. The molecule has 0 aliphatic rings. The molecule has 0 aliphatic carbocycles. The second kappa shape index (κ2) is 13.7. The molecule has 224 valence electrons. The lowest BCUT2D eigenvalue weighted by Crippen LogP contribution is -2.59. The van der Waals surface area contributed by atoms with Crippen LogP contribution in [0, 0.1) is 0 Å². The van der Waals surface area contributed by atoms with Crippen molar-refractivity contribution in [1.29, 1.82) is 0 Å². The molecule has 6 heteroatoms. The number of esters is 1. The third kappa shape index (κ3) is 5.63. The smallest absolute Gasteiger partial charge is 0.338 e. The Morgan fingerprint density at radius 1 is 0.545 bits per heavy atom. The topological polar surface area (TPSA) is 74.2 Å². The molecule has 6 nitrogen and oxygen atoms in total. The fourth-order valence-corrected chi connectivity index (χ4v) is 5.95. The van der Waals surface area contributed by atoms with Gasteiger partial charge in [-0.05, 0) is 46.5 Å². The highest BCUT2D eigenvalue weighted by molar-refractivity contribution is 5.89. The van der Waals surface area contributed by atoms with Crippen molar-refractivity contribution < 1.29 is 28.8 Å². The van der Waals surface area contributed by atoms with E-state index < -0.39 is 29.4 Å². The lowest BCUT2D eigenvalue weighted by molar-refractivity contribution is -0.186. The van der Waals surface area contributed by atoms with Crippen LogP contribution in [0.2, 0.25) is 0 Å². The SMILES string of the molecule is COc1ccc(C(=O)O[C@H]([C@@H](O)C(OC)(c2ccccc2)c2ccccc2)C(OC)(c2ccccc2)c2ccccc2)cc1. The molecule has 0 fully saturated rings. The van der Waals surface area contributed by atoms with Crippen LogP contribution < -0.4 is 4.74 Å². The van der Waals surface area contributed by atoms with Gasteiger partial charge in [-0.25, -0.2) is 4.79 Å². The summed E-state index contributed by atoms with van der Waals surface area (Å²) in [6.07, 6.45) is -2.81. The largest absolute Gasteiger partial charge is 0.497 e. The van der Waals surface area contributed by atoms with Gasteiger partial charge in [0.2, 0.25) is 0 Å². The molecule has 5 aromatic rings. The van der Waals surface area contributed by atoms with Gasteiger partial charge >= 0.3 is 5.97 Å². The number of aliphatic hydroxyl groups is 1. The maximum Gasteiger partial charge on any atom is 0.338 e. The van der Waals surface area contributed by atoms with E-state index in [1.165, 1.54) is 0 Å². The maximum atomic E-state index is 14.0. The predicted molar refractivity (Wildman–Crippen MR) is 170 cm³/mol. The van der Waals surface area contributed by atoms with Crippen LogP contribution >= 0.6 is 0 Å². The van der Waals surface area contributed by atoms with E-state index in [4.69, 9.17) is 18.9 Å². The fourth-order valence-electron chi connectivity index (χ4n) is 5.95. The molecule has 5 aromatic carbocycles. The van der Waals surface area contributed by atoms with Crippen molar-refractivity contribution in [1.82, 2.24) is 0 Å². The average molecular weight is 589 g/mol. The molecule has 5 rings (SSSR count). The van der Waals surface area contributed by atoms with E-state index >= 15 is 0 Å². The second-order valence-electron chi connectivity index (χ2n) is 10.3.